The zero-order valence-electron chi connectivity index (χ0n) is 15.9. The number of carbonyl (C=O) groups excluding carboxylic acids is 2. The van der Waals surface area contributed by atoms with Gasteiger partial charge in [-0.15, -0.1) is 11.3 Å². The van der Waals surface area contributed by atoms with Crippen molar-refractivity contribution in [3.8, 4) is 0 Å². The third-order valence-electron chi connectivity index (χ3n) is 4.40. The van der Waals surface area contributed by atoms with E-state index in [0.717, 1.165) is 10.4 Å². The van der Waals surface area contributed by atoms with Crippen molar-refractivity contribution in [2.75, 3.05) is 6.54 Å². The highest BCUT2D eigenvalue weighted by atomic mass is 32.1. The summed E-state index contributed by atoms with van der Waals surface area (Å²) in [6.07, 6.45) is 1.92. The number of rotatable bonds is 9. The minimum absolute atomic E-state index is 0.0333. The fourth-order valence-electron chi connectivity index (χ4n) is 2.94. The maximum absolute atomic E-state index is 13.1. The van der Waals surface area contributed by atoms with Gasteiger partial charge in [0.25, 0.3) is 0 Å². The number of carbonyl (C=O) groups is 2. The first-order valence-electron chi connectivity index (χ1n) is 9.30. The predicted octanol–water partition coefficient (Wildman–Crippen LogP) is 4.31. The molecular formula is C22H24N2O3S. The van der Waals surface area contributed by atoms with Crippen LogP contribution in [0.1, 0.15) is 29.5 Å². The highest BCUT2D eigenvalue weighted by Gasteiger charge is 2.22. The number of hydrogen-bond donors (Lipinski definition) is 0. The average molecular weight is 397 g/mol. The summed E-state index contributed by atoms with van der Waals surface area (Å²) in [4.78, 5) is 30.0. The van der Waals surface area contributed by atoms with E-state index in [4.69, 9.17) is 4.42 Å². The van der Waals surface area contributed by atoms with E-state index in [2.05, 4.69) is 0 Å². The molecule has 0 radical (unpaired) electrons. The number of hydrogen-bond acceptors (Lipinski definition) is 4. The topological polar surface area (TPSA) is 53.8 Å². The summed E-state index contributed by atoms with van der Waals surface area (Å²) in [5.74, 6) is 0.522. The van der Waals surface area contributed by atoms with Crippen molar-refractivity contribution >= 4 is 23.2 Å². The van der Waals surface area contributed by atoms with Crippen molar-refractivity contribution in [2.24, 2.45) is 0 Å². The summed E-state index contributed by atoms with van der Waals surface area (Å²) in [6, 6.07) is 17.5. The summed E-state index contributed by atoms with van der Waals surface area (Å²) < 4.78 is 5.36. The molecule has 0 atom stereocenters. The number of furan rings is 1. The van der Waals surface area contributed by atoms with Crippen molar-refractivity contribution in [3.63, 3.8) is 0 Å². The van der Waals surface area contributed by atoms with Crippen LogP contribution in [0.25, 0.3) is 0 Å². The molecule has 0 saturated carbocycles. The molecule has 2 heterocycles. The molecule has 0 aliphatic rings. The Morgan fingerprint density at radius 3 is 2.36 bits per heavy atom. The Bertz CT molecular complexity index is 861. The van der Waals surface area contributed by atoms with Gasteiger partial charge in [0, 0.05) is 17.8 Å². The lowest BCUT2D eigenvalue weighted by molar-refractivity contribution is -0.141. The van der Waals surface area contributed by atoms with Crippen molar-refractivity contribution in [1.82, 2.24) is 9.80 Å². The lowest BCUT2D eigenvalue weighted by Gasteiger charge is -2.27. The zero-order chi connectivity index (χ0) is 19.8. The van der Waals surface area contributed by atoms with Crippen LogP contribution in [0.3, 0.4) is 0 Å². The molecule has 0 saturated heterocycles. The van der Waals surface area contributed by atoms with Gasteiger partial charge in [0.1, 0.15) is 12.3 Å². The summed E-state index contributed by atoms with van der Waals surface area (Å²) in [5, 5.41) is 2.00. The minimum Gasteiger partial charge on any atom is -0.467 e. The first-order chi connectivity index (χ1) is 13.7. The molecule has 0 aliphatic carbocycles. The van der Waals surface area contributed by atoms with Crippen LogP contribution in [0.15, 0.2) is 70.7 Å². The molecule has 0 unspecified atom stereocenters. The third-order valence-corrected chi connectivity index (χ3v) is 5.26. The van der Waals surface area contributed by atoms with Crippen molar-refractivity contribution in [3.05, 3.63) is 82.4 Å². The molecule has 28 heavy (non-hydrogen) atoms. The Labute approximate surface area is 169 Å². The molecule has 0 bridgehead atoms. The van der Waals surface area contributed by atoms with Gasteiger partial charge in [0.05, 0.1) is 19.4 Å². The Morgan fingerprint density at radius 2 is 1.71 bits per heavy atom. The molecular weight excluding hydrogens is 372 g/mol. The van der Waals surface area contributed by atoms with Gasteiger partial charge >= 0.3 is 0 Å². The summed E-state index contributed by atoms with van der Waals surface area (Å²) in [5.41, 5.74) is 1.06. The van der Waals surface area contributed by atoms with Gasteiger partial charge in [0.2, 0.25) is 11.8 Å². The number of amides is 2. The Hall–Kier alpha value is -2.86. The van der Waals surface area contributed by atoms with Crippen molar-refractivity contribution < 1.29 is 14.0 Å². The van der Waals surface area contributed by atoms with Crippen molar-refractivity contribution in [1.29, 1.82) is 0 Å². The molecule has 3 aromatic rings. The molecule has 146 valence electrons. The van der Waals surface area contributed by atoms with Gasteiger partial charge in [0.15, 0.2) is 0 Å². The number of thiophene rings is 1. The van der Waals surface area contributed by atoms with Crippen LogP contribution in [0.5, 0.6) is 0 Å². The van der Waals surface area contributed by atoms with E-state index in [9.17, 15) is 9.59 Å². The summed E-state index contributed by atoms with van der Waals surface area (Å²) in [6.45, 7) is 3.16. The molecule has 2 aromatic heterocycles. The largest absolute Gasteiger partial charge is 0.467 e. The quantitative estimate of drug-likeness (QED) is 0.542. The van der Waals surface area contributed by atoms with Crippen LogP contribution in [-0.2, 0) is 29.2 Å². The third kappa shape index (κ3) is 5.57. The molecule has 2 amide bonds. The first-order valence-corrected chi connectivity index (χ1v) is 10.2. The normalized spacial score (nSPS) is 10.6. The van der Waals surface area contributed by atoms with Crippen LogP contribution in [-0.4, -0.2) is 28.2 Å². The van der Waals surface area contributed by atoms with E-state index in [-0.39, 0.29) is 18.4 Å². The molecule has 0 N–H and O–H groups in total. The van der Waals surface area contributed by atoms with Crippen LogP contribution < -0.4 is 0 Å². The van der Waals surface area contributed by atoms with Crippen LogP contribution in [0, 0.1) is 0 Å². The van der Waals surface area contributed by atoms with Crippen LogP contribution in [0.4, 0.5) is 0 Å². The van der Waals surface area contributed by atoms with Gasteiger partial charge in [-0.3, -0.25) is 9.59 Å². The fourth-order valence-corrected chi connectivity index (χ4v) is 3.66. The molecule has 6 heteroatoms. The van der Waals surface area contributed by atoms with Crippen LogP contribution in [0.2, 0.25) is 0 Å². The van der Waals surface area contributed by atoms with Gasteiger partial charge in [-0.25, -0.2) is 0 Å². The molecule has 0 aliphatic heterocycles. The van der Waals surface area contributed by atoms with Gasteiger partial charge in [-0.1, -0.05) is 43.3 Å². The maximum Gasteiger partial charge on any atom is 0.242 e. The Kier molecular flexibility index (Phi) is 7.03. The molecule has 3 rings (SSSR count). The van der Waals surface area contributed by atoms with Gasteiger partial charge in [-0.2, -0.15) is 0 Å². The van der Waals surface area contributed by atoms with E-state index in [1.54, 1.807) is 40.4 Å². The second-order valence-corrected chi connectivity index (χ2v) is 7.53. The Morgan fingerprint density at radius 1 is 0.893 bits per heavy atom. The number of benzene rings is 1. The highest BCUT2D eigenvalue weighted by Crippen LogP contribution is 2.16. The van der Waals surface area contributed by atoms with E-state index in [1.165, 1.54) is 0 Å². The Balaban J connectivity index is 1.74. The summed E-state index contributed by atoms with van der Waals surface area (Å²) >= 11 is 1.62. The second-order valence-electron chi connectivity index (χ2n) is 6.50. The van der Waals surface area contributed by atoms with E-state index in [1.807, 2.05) is 53.9 Å². The number of nitrogens with zero attached hydrogens (tertiary/aromatic N) is 2. The molecule has 1 aromatic carbocycles. The van der Waals surface area contributed by atoms with E-state index in [0.29, 0.717) is 31.8 Å². The van der Waals surface area contributed by atoms with Gasteiger partial charge < -0.3 is 14.2 Å². The fraction of sp³-hybridized carbons (Fsp3) is 0.273. The highest BCUT2D eigenvalue weighted by molar-refractivity contribution is 7.09. The molecule has 5 nitrogen and oxygen atoms in total. The summed E-state index contributed by atoms with van der Waals surface area (Å²) in [7, 11) is 0. The van der Waals surface area contributed by atoms with E-state index < -0.39 is 0 Å². The molecule has 0 spiro atoms. The average Bonchev–Trinajstić information content (AvgIpc) is 3.41. The van der Waals surface area contributed by atoms with E-state index >= 15 is 0 Å². The van der Waals surface area contributed by atoms with Crippen LogP contribution >= 0.6 is 11.3 Å². The molecule has 0 fully saturated rings. The second kappa shape index (κ2) is 9.90. The lowest BCUT2D eigenvalue weighted by Crippen LogP contribution is -2.41. The SMILES string of the molecule is CCC(=O)N(CC(=O)N(Cc1ccccc1)Cc1cccs1)Cc1ccco1. The predicted molar refractivity (Wildman–Crippen MR) is 109 cm³/mol. The van der Waals surface area contributed by atoms with Gasteiger partial charge in [-0.05, 0) is 29.1 Å². The van der Waals surface area contributed by atoms with Crippen molar-refractivity contribution in [2.45, 2.75) is 33.0 Å². The maximum atomic E-state index is 13.1. The lowest BCUT2D eigenvalue weighted by atomic mass is 10.2. The smallest absolute Gasteiger partial charge is 0.242 e. The monoisotopic (exact) mass is 396 g/mol. The minimum atomic E-state index is -0.0781. The first kappa shape index (κ1) is 19.9. The standard InChI is InChI=1S/C22H24N2O3S/c1-2-21(25)24(15-19-10-6-12-27-19)17-22(26)23(16-20-11-7-13-28-20)14-18-8-4-3-5-9-18/h3-13H,2,14-17H2,1H3. The zero-order valence-corrected chi connectivity index (χ0v) is 16.7.